The van der Waals surface area contributed by atoms with Gasteiger partial charge in [-0.25, -0.2) is 0 Å². The fraction of sp³-hybridized carbons (Fsp3) is 0.294. The molecule has 1 saturated heterocycles. The van der Waals surface area contributed by atoms with E-state index in [-0.39, 0.29) is 19.8 Å². The number of aliphatic hydroxyl groups is 1. The van der Waals surface area contributed by atoms with Crippen LogP contribution in [0.4, 0.5) is 0 Å². The minimum Gasteiger partial charge on any atom is -0.374 e. The van der Waals surface area contributed by atoms with Gasteiger partial charge in [-0.1, -0.05) is 171 Å². The molecule has 0 amide bonds. The molecule has 0 spiro atoms. The summed E-state index contributed by atoms with van der Waals surface area (Å²) in [5.41, 5.74) is 8.65. The molecule has 2 unspecified atom stereocenters. The van der Waals surface area contributed by atoms with Crippen LogP contribution < -0.4 is 0 Å². The number of benzene rings is 6. The molecule has 1 aliphatic heterocycles. The smallest absolute Gasteiger partial charge is 0.223 e. The van der Waals surface area contributed by atoms with Gasteiger partial charge in [0.05, 0.1) is 33.0 Å². The van der Waals surface area contributed by atoms with Crippen LogP contribution in [0.3, 0.4) is 0 Å². The fourth-order valence-electron chi connectivity index (χ4n) is 7.60. The summed E-state index contributed by atoms with van der Waals surface area (Å²) in [4.78, 5) is 0. The molecule has 300 valence electrons. The lowest BCUT2D eigenvalue weighted by atomic mass is 9.83. The van der Waals surface area contributed by atoms with Gasteiger partial charge in [0.2, 0.25) is 5.79 Å². The Morgan fingerprint density at radius 1 is 0.534 bits per heavy atom. The van der Waals surface area contributed by atoms with Gasteiger partial charge in [0.1, 0.15) is 24.4 Å². The first-order valence-corrected chi connectivity index (χ1v) is 20.7. The number of hydrogen-bond acceptors (Lipinski definition) is 6. The molecule has 1 aliphatic rings. The lowest BCUT2D eigenvalue weighted by Crippen LogP contribution is -2.66. The standard InChI is InChI=1S/C51H53ClO6/c1-3-37-25-27-38(28-26-37)29-44-30-45(43(4-2)31-46(44)52)51(53)50(57-35-42-23-15-8-16-24-42)49(56-34-41-21-13-7-14-22-41)48(55-33-40-19-11-6-12-20-40)47(58-51)36-54-32-39-17-9-5-10-18-39/h5-28,30-31,47-50,53H,3-4,29,32-36H2,1-2H3/t47?,48-,49+,50-,51?/m1/s1. The molecule has 7 heteroatoms. The highest BCUT2D eigenvalue weighted by Crippen LogP contribution is 2.44. The Balaban J connectivity index is 1.33. The molecule has 0 aromatic heterocycles. The van der Waals surface area contributed by atoms with Gasteiger partial charge in [0.25, 0.3) is 0 Å². The van der Waals surface area contributed by atoms with Gasteiger partial charge < -0.3 is 28.8 Å². The second kappa shape index (κ2) is 20.4. The molecule has 1 fully saturated rings. The molecule has 58 heavy (non-hydrogen) atoms. The Kier molecular flexibility index (Phi) is 14.6. The fourth-order valence-corrected chi connectivity index (χ4v) is 7.86. The zero-order chi connectivity index (χ0) is 40.2. The van der Waals surface area contributed by atoms with E-state index < -0.39 is 30.2 Å². The average Bonchev–Trinajstić information content (AvgIpc) is 3.27. The summed E-state index contributed by atoms with van der Waals surface area (Å²) in [6.45, 7) is 5.44. The molecular weight excluding hydrogens is 744 g/mol. The third-order valence-electron chi connectivity index (χ3n) is 10.8. The van der Waals surface area contributed by atoms with E-state index >= 15 is 0 Å². The van der Waals surface area contributed by atoms with Gasteiger partial charge in [-0.15, -0.1) is 0 Å². The van der Waals surface area contributed by atoms with Crippen LogP contribution in [0.2, 0.25) is 5.02 Å². The minimum absolute atomic E-state index is 0.124. The van der Waals surface area contributed by atoms with Crippen LogP contribution >= 0.6 is 11.6 Å². The quantitative estimate of drug-likeness (QED) is 0.0935. The van der Waals surface area contributed by atoms with E-state index in [1.807, 2.05) is 133 Å². The van der Waals surface area contributed by atoms with Crippen molar-refractivity contribution < 1.29 is 28.8 Å². The molecule has 5 atom stereocenters. The second-order valence-corrected chi connectivity index (χ2v) is 15.3. The van der Waals surface area contributed by atoms with E-state index in [0.717, 1.165) is 45.4 Å². The third-order valence-corrected chi connectivity index (χ3v) is 11.2. The van der Waals surface area contributed by atoms with Crippen molar-refractivity contribution in [2.45, 2.75) is 89.7 Å². The van der Waals surface area contributed by atoms with Gasteiger partial charge in [-0.2, -0.15) is 0 Å². The Morgan fingerprint density at radius 3 is 1.53 bits per heavy atom. The SMILES string of the molecule is CCc1ccc(Cc2cc(C3(O)OC(COCc4ccccc4)[C@@H](OCc4ccccc4)[C@H](OCc4ccccc4)[C@H]3OCc3ccccc3)c(CC)cc2Cl)cc1. The number of rotatable bonds is 18. The van der Waals surface area contributed by atoms with Crippen molar-refractivity contribution in [3.8, 4) is 0 Å². The molecule has 6 aromatic rings. The van der Waals surface area contributed by atoms with E-state index in [1.54, 1.807) is 0 Å². The van der Waals surface area contributed by atoms with Gasteiger partial charge in [-0.05, 0) is 75.9 Å². The summed E-state index contributed by atoms with van der Waals surface area (Å²) >= 11 is 7.06. The molecular formula is C51H53ClO6. The first-order valence-electron chi connectivity index (χ1n) is 20.3. The normalized spacial score (nSPS) is 20.6. The van der Waals surface area contributed by atoms with Crippen molar-refractivity contribution in [1.29, 1.82) is 0 Å². The molecule has 0 bridgehead atoms. The maximum atomic E-state index is 13.5. The van der Waals surface area contributed by atoms with Crippen molar-refractivity contribution in [3.05, 3.63) is 213 Å². The first-order chi connectivity index (χ1) is 28.4. The van der Waals surface area contributed by atoms with Crippen LogP contribution in [0, 0.1) is 0 Å². The van der Waals surface area contributed by atoms with Crippen molar-refractivity contribution in [2.75, 3.05) is 6.61 Å². The van der Waals surface area contributed by atoms with Crippen LogP contribution in [0.1, 0.15) is 63.9 Å². The Labute approximate surface area is 348 Å². The maximum Gasteiger partial charge on any atom is 0.223 e. The van der Waals surface area contributed by atoms with Crippen LogP contribution in [-0.2, 0) is 75.2 Å². The van der Waals surface area contributed by atoms with Gasteiger partial charge >= 0.3 is 0 Å². The zero-order valence-corrected chi connectivity index (χ0v) is 34.1. The zero-order valence-electron chi connectivity index (χ0n) is 33.3. The number of halogens is 1. The molecule has 0 radical (unpaired) electrons. The molecule has 6 aromatic carbocycles. The largest absolute Gasteiger partial charge is 0.374 e. The van der Waals surface area contributed by atoms with E-state index in [4.69, 9.17) is 35.3 Å². The monoisotopic (exact) mass is 796 g/mol. The molecule has 0 aliphatic carbocycles. The number of ether oxygens (including phenoxy) is 5. The lowest BCUT2D eigenvalue weighted by Gasteiger charge is -2.51. The molecule has 6 nitrogen and oxygen atoms in total. The van der Waals surface area contributed by atoms with E-state index in [0.29, 0.717) is 36.6 Å². The molecule has 1 heterocycles. The summed E-state index contributed by atoms with van der Waals surface area (Å²) in [7, 11) is 0. The Hall–Kier alpha value is -4.63. The minimum atomic E-state index is -2.00. The predicted octanol–water partition coefficient (Wildman–Crippen LogP) is 10.6. The molecule has 1 N–H and O–H groups in total. The van der Waals surface area contributed by atoms with Crippen molar-refractivity contribution in [1.82, 2.24) is 0 Å². The molecule has 0 saturated carbocycles. The van der Waals surface area contributed by atoms with Crippen molar-refractivity contribution >= 4 is 11.6 Å². The average molecular weight is 797 g/mol. The van der Waals surface area contributed by atoms with Gasteiger partial charge in [-0.3, -0.25) is 0 Å². The van der Waals surface area contributed by atoms with Crippen LogP contribution in [0.5, 0.6) is 0 Å². The number of aryl methyl sites for hydroxylation is 2. The second-order valence-electron chi connectivity index (χ2n) is 14.9. The van der Waals surface area contributed by atoms with E-state index in [9.17, 15) is 5.11 Å². The summed E-state index contributed by atoms with van der Waals surface area (Å²) in [6, 6.07) is 52.6. The van der Waals surface area contributed by atoms with Crippen LogP contribution in [0.25, 0.3) is 0 Å². The topological polar surface area (TPSA) is 66.4 Å². The highest BCUT2D eigenvalue weighted by atomic mass is 35.5. The van der Waals surface area contributed by atoms with Crippen LogP contribution in [-0.4, -0.2) is 36.1 Å². The van der Waals surface area contributed by atoms with Gasteiger partial charge in [0, 0.05) is 10.6 Å². The van der Waals surface area contributed by atoms with E-state index in [2.05, 4.69) is 38.1 Å². The summed E-state index contributed by atoms with van der Waals surface area (Å²) in [5.74, 6) is -2.00. The third kappa shape index (κ3) is 10.5. The Morgan fingerprint density at radius 2 is 1.02 bits per heavy atom. The van der Waals surface area contributed by atoms with E-state index in [1.165, 1.54) is 5.56 Å². The van der Waals surface area contributed by atoms with Crippen LogP contribution in [0.15, 0.2) is 158 Å². The highest BCUT2D eigenvalue weighted by Gasteiger charge is 2.58. The van der Waals surface area contributed by atoms with Gasteiger partial charge in [0.15, 0.2) is 0 Å². The predicted molar refractivity (Wildman–Crippen MR) is 229 cm³/mol. The van der Waals surface area contributed by atoms with Crippen molar-refractivity contribution in [2.24, 2.45) is 0 Å². The lowest BCUT2D eigenvalue weighted by molar-refractivity contribution is -0.379. The summed E-state index contributed by atoms with van der Waals surface area (Å²) < 4.78 is 34.2. The summed E-state index contributed by atoms with van der Waals surface area (Å²) in [5, 5.41) is 14.1. The maximum absolute atomic E-state index is 13.5. The Bertz CT molecular complexity index is 2130. The first kappa shape index (κ1) is 41.5. The summed E-state index contributed by atoms with van der Waals surface area (Å²) in [6.07, 6.45) is -1.17. The van der Waals surface area contributed by atoms with Crippen molar-refractivity contribution in [3.63, 3.8) is 0 Å². The highest BCUT2D eigenvalue weighted by molar-refractivity contribution is 6.31. The number of hydrogen-bond donors (Lipinski definition) is 1. The molecule has 7 rings (SSSR count).